The second-order valence-electron chi connectivity index (χ2n) is 4.50. The molecule has 1 fully saturated rings. The van der Waals surface area contributed by atoms with Gasteiger partial charge in [-0.25, -0.2) is 13.4 Å². The number of aryl methyl sites for hydroxylation is 1. The molecule has 1 amide bonds. The molecule has 0 aromatic carbocycles. The summed E-state index contributed by atoms with van der Waals surface area (Å²) in [6.07, 6.45) is 1.40. The molecule has 1 aliphatic heterocycles. The number of sulfone groups is 1. The standard InChI is InChI=1S/C11H13ClN2O4S/c1-7-3-8(12)4-13-9(7)14-10(15)11(18-2)5-19(16,17)6-11/h3-4H,5-6H2,1-2H3,(H,13,14,15). The van der Waals surface area contributed by atoms with Crippen LogP contribution in [0.15, 0.2) is 12.3 Å². The number of amides is 1. The summed E-state index contributed by atoms with van der Waals surface area (Å²) in [6, 6.07) is 1.65. The van der Waals surface area contributed by atoms with E-state index in [2.05, 4.69) is 10.3 Å². The van der Waals surface area contributed by atoms with Crippen LogP contribution >= 0.6 is 11.6 Å². The smallest absolute Gasteiger partial charge is 0.259 e. The third-order valence-corrected chi connectivity index (χ3v) is 5.01. The van der Waals surface area contributed by atoms with Crippen LogP contribution in [-0.2, 0) is 19.4 Å². The maximum absolute atomic E-state index is 12.1. The fourth-order valence-corrected chi connectivity index (χ4v) is 3.95. The Bertz CT molecular complexity index is 618. The second kappa shape index (κ2) is 4.73. The van der Waals surface area contributed by atoms with Crippen molar-refractivity contribution in [2.24, 2.45) is 0 Å². The Morgan fingerprint density at radius 3 is 2.63 bits per heavy atom. The molecule has 0 radical (unpaired) electrons. The Hall–Kier alpha value is -1.18. The summed E-state index contributed by atoms with van der Waals surface area (Å²) in [4.78, 5) is 16.1. The van der Waals surface area contributed by atoms with Crippen LogP contribution in [0.2, 0.25) is 5.02 Å². The lowest BCUT2D eigenvalue weighted by Gasteiger charge is -2.37. The lowest BCUT2D eigenvalue weighted by Crippen LogP contribution is -2.63. The van der Waals surface area contributed by atoms with Gasteiger partial charge in [-0.15, -0.1) is 0 Å². The molecule has 2 heterocycles. The van der Waals surface area contributed by atoms with Crippen molar-refractivity contribution in [3.8, 4) is 0 Å². The van der Waals surface area contributed by atoms with Gasteiger partial charge in [0.05, 0.1) is 16.5 Å². The third kappa shape index (κ3) is 2.72. The van der Waals surface area contributed by atoms with Crippen molar-refractivity contribution in [1.82, 2.24) is 4.98 Å². The predicted octanol–water partition coefficient (Wildman–Crippen LogP) is 0.796. The summed E-state index contributed by atoms with van der Waals surface area (Å²) in [5.41, 5.74) is -0.624. The number of carbonyl (C=O) groups is 1. The van der Waals surface area contributed by atoms with Gasteiger partial charge in [-0.3, -0.25) is 4.79 Å². The van der Waals surface area contributed by atoms with Crippen molar-refractivity contribution in [1.29, 1.82) is 0 Å². The normalized spacial score (nSPS) is 19.5. The Balaban J connectivity index is 2.17. The van der Waals surface area contributed by atoms with Gasteiger partial charge in [0, 0.05) is 13.3 Å². The first kappa shape index (κ1) is 14.2. The molecular formula is C11H13ClN2O4S. The first-order valence-corrected chi connectivity index (χ1v) is 7.67. The first-order chi connectivity index (χ1) is 8.78. The first-order valence-electron chi connectivity index (χ1n) is 5.47. The Kier molecular flexibility index (Phi) is 3.55. The molecule has 6 nitrogen and oxygen atoms in total. The van der Waals surface area contributed by atoms with E-state index in [4.69, 9.17) is 16.3 Å². The monoisotopic (exact) mass is 304 g/mol. The second-order valence-corrected chi connectivity index (χ2v) is 7.00. The Morgan fingerprint density at radius 1 is 1.53 bits per heavy atom. The van der Waals surface area contributed by atoms with Gasteiger partial charge in [0.25, 0.3) is 5.91 Å². The maximum Gasteiger partial charge on any atom is 0.259 e. The van der Waals surface area contributed by atoms with Crippen molar-refractivity contribution in [2.75, 3.05) is 23.9 Å². The molecule has 1 N–H and O–H groups in total. The van der Waals surface area contributed by atoms with Crippen LogP contribution in [0.3, 0.4) is 0 Å². The summed E-state index contributed by atoms with van der Waals surface area (Å²) in [6.45, 7) is 1.74. The number of aromatic nitrogens is 1. The summed E-state index contributed by atoms with van der Waals surface area (Å²) >= 11 is 5.77. The van der Waals surface area contributed by atoms with E-state index >= 15 is 0 Å². The number of hydrogen-bond donors (Lipinski definition) is 1. The minimum Gasteiger partial charge on any atom is -0.366 e. The molecule has 0 bridgehead atoms. The molecule has 8 heteroatoms. The zero-order valence-corrected chi connectivity index (χ0v) is 12.0. The number of methoxy groups -OCH3 is 1. The summed E-state index contributed by atoms with van der Waals surface area (Å²) < 4.78 is 27.5. The highest BCUT2D eigenvalue weighted by molar-refractivity contribution is 7.93. The van der Waals surface area contributed by atoms with E-state index in [9.17, 15) is 13.2 Å². The van der Waals surface area contributed by atoms with Crippen LogP contribution in [0.1, 0.15) is 5.56 Å². The molecule has 1 aliphatic rings. The van der Waals surface area contributed by atoms with E-state index in [1.807, 2.05) is 0 Å². The Morgan fingerprint density at radius 2 is 2.16 bits per heavy atom. The number of anilines is 1. The summed E-state index contributed by atoms with van der Waals surface area (Å²) in [5.74, 6) is -0.790. The number of hydrogen-bond acceptors (Lipinski definition) is 5. The molecule has 0 spiro atoms. The van der Waals surface area contributed by atoms with Gasteiger partial charge >= 0.3 is 0 Å². The van der Waals surface area contributed by atoms with E-state index in [0.29, 0.717) is 16.4 Å². The predicted molar refractivity (Wildman–Crippen MR) is 71.0 cm³/mol. The number of carbonyl (C=O) groups excluding carboxylic acids is 1. The molecule has 0 aliphatic carbocycles. The van der Waals surface area contributed by atoms with Crippen LogP contribution in [0.5, 0.6) is 0 Å². The van der Waals surface area contributed by atoms with E-state index in [0.717, 1.165) is 0 Å². The highest BCUT2D eigenvalue weighted by Crippen LogP contribution is 2.29. The molecule has 104 valence electrons. The Labute approximate surface area is 116 Å². The molecule has 0 atom stereocenters. The molecule has 1 saturated heterocycles. The van der Waals surface area contributed by atoms with E-state index in [1.165, 1.54) is 13.3 Å². The van der Waals surface area contributed by atoms with Crippen molar-refractivity contribution < 1.29 is 17.9 Å². The van der Waals surface area contributed by atoms with Gasteiger partial charge in [0.15, 0.2) is 15.4 Å². The average Bonchev–Trinajstić information content (AvgIpc) is 2.28. The number of rotatable bonds is 3. The molecule has 19 heavy (non-hydrogen) atoms. The van der Waals surface area contributed by atoms with Crippen LogP contribution < -0.4 is 5.32 Å². The van der Waals surface area contributed by atoms with Crippen molar-refractivity contribution >= 4 is 33.2 Å². The largest absolute Gasteiger partial charge is 0.366 e. The average molecular weight is 305 g/mol. The van der Waals surface area contributed by atoms with Crippen molar-refractivity contribution in [3.05, 3.63) is 22.8 Å². The van der Waals surface area contributed by atoms with Gasteiger partial charge in [-0.2, -0.15) is 0 Å². The number of pyridine rings is 1. The van der Waals surface area contributed by atoms with Crippen molar-refractivity contribution in [3.63, 3.8) is 0 Å². The summed E-state index contributed by atoms with van der Waals surface area (Å²) in [5, 5.41) is 3.03. The SMILES string of the molecule is COC1(C(=O)Nc2ncc(Cl)cc2C)CS(=O)(=O)C1. The lowest BCUT2D eigenvalue weighted by atomic mass is 10.1. The van der Waals surface area contributed by atoms with Crippen LogP contribution in [-0.4, -0.2) is 43.5 Å². The molecule has 1 aromatic heterocycles. The molecule has 1 aromatic rings. The lowest BCUT2D eigenvalue weighted by molar-refractivity contribution is -0.134. The fourth-order valence-electron chi connectivity index (χ4n) is 1.90. The fraction of sp³-hybridized carbons (Fsp3) is 0.455. The van der Waals surface area contributed by atoms with Crippen LogP contribution in [0.4, 0.5) is 5.82 Å². The van der Waals surface area contributed by atoms with Gasteiger partial charge in [0.1, 0.15) is 5.82 Å². The van der Waals surface area contributed by atoms with Crippen molar-refractivity contribution in [2.45, 2.75) is 12.5 Å². The van der Waals surface area contributed by atoms with Gasteiger partial charge in [-0.1, -0.05) is 11.6 Å². The number of nitrogens with zero attached hydrogens (tertiary/aromatic N) is 1. The number of ether oxygens (including phenoxy) is 1. The van der Waals surface area contributed by atoms with Gasteiger partial charge in [0.2, 0.25) is 0 Å². The maximum atomic E-state index is 12.1. The van der Waals surface area contributed by atoms with E-state index < -0.39 is 21.3 Å². The number of nitrogens with one attached hydrogen (secondary N) is 1. The zero-order chi connectivity index (χ0) is 14.3. The highest BCUT2D eigenvalue weighted by Gasteiger charge is 2.55. The highest BCUT2D eigenvalue weighted by atomic mass is 35.5. The van der Waals surface area contributed by atoms with Gasteiger partial charge in [-0.05, 0) is 18.6 Å². The van der Waals surface area contributed by atoms with Crippen LogP contribution in [0, 0.1) is 6.92 Å². The molecule has 2 rings (SSSR count). The number of halogens is 1. The minimum absolute atomic E-state index is 0.311. The minimum atomic E-state index is -3.18. The van der Waals surface area contributed by atoms with Gasteiger partial charge < -0.3 is 10.1 Å². The van der Waals surface area contributed by atoms with E-state index in [-0.39, 0.29) is 11.5 Å². The molecular weight excluding hydrogens is 292 g/mol. The third-order valence-electron chi connectivity index (χ3n) is 2.99. The quantitative estimate of drug-likeness (QED) is 0.892. The van der Waals surface area contributed by atoms with E-state index in [1.54, 1.807) is 13.0 Å². The zero-order valence-electron chi connectivity index (χ0n) is 10.4. The molecule has 0 unspecified atom stereocenters. The topological polar surface area (TPSA) is 85.4 Å². The molecule has 0 saturated carbocycles. The summed E-state index contributed by atoms with van der Waals surface area (Å²) in [7, 11) is -1.87. The van der Waals surface area contributed by atoms with Crippen LogP contribution in [0.25, 0.3) is 0 Å².